The predicted octanol–water partition coefficient (Wildman–Crippen LogP) is 0.463. The predicted molar refractivity (Wildman–Crippen MR) is 25.7 cm³/mol. The molecular weight excluding hydrogens is 74.1 g/mol. The second kappa shape index (κ2) is 1.14. The number of hydrogen-bond acceptors (Lipinski definition) is 1. The first-order chi connectivity index (χ1) is 2.93. The second-order valence-corrected chi connectivity index (χ2v) is 1.27. The molecule has 1 heteroatoms. The van der Waals surface area contributed by atoms with Crippen molar-refractivity contribution in [1.29, 1.82) is 0 Å². The lowest BCUT2D eigenvalue weighted by Gasteiger charge is -1.73. The molecule has 0 radical (unpaired) electrons. The highest BCUT2D eigenvalue weighted by atomic mass is 14.9. The first-order valence-electron chi connectivity index (χ1n) is 1.90. The summed E-state index contributed by atoms with van der Waals surface area (Å²) < 4.78 is 0. The molecule has 1 aliphatic rings. The first-order valence-corrected chi connectivity index (χ1v) is 1.90. The molecule has 1 heterocycles. The Morgan fingerprint density at radius 3 is 2.83 bits per heavy atom. The van der Waals surface area contributed by atoms with Gasteiger partial charge in [-0.1, -0.05) is 0 Å². The Hall–Kier alpha value is -0.770. The van der Waals surface area contributed by atoms with Crippen molar-refractivity contribution >= 4 is 6.21 Å². The van der Waals surface area contributed by atoms with Gasteiger partial charge < -0.3 is 0 Å². The molecule has 1 rings (SSSR count). The van der Waals surface area contributed by atoms with Gasteiger partial charge in [0.15, 0.2) is 0 Å². The maximum absolute atomic E-state index is 4.94. The Labute approximate surface area is 37.1 Å². The average Bonchev–Trinajstić information content (AvgIpc) is 2.21. The average molecular weight is 79.1 g/mol. The van der Waals surface area contributed by atoms with Crippen molar-refractivity contribution in [3.63, 3.8) is 0 Å². The molecule has 0 saturated heterocycles. The van der Waals surface area contributed by atoms with E-state index >= 15 is 0 Å². The van der Waals surface area contributed by atoms with Crippen molar-refractivity contribution in [2.24, 2.45) is 4.99 Å². The summed E-state index contributed by atoms with van der Waals surface area (Å²) in [5, 5.41) is 0. The summed E-state index contributed by atoms with van der Waals surface area (Å²) in [6, 6.07) is 0.412. The van der Waals surface area contributed by atoms with E-state index in [0.717, 1.165) is 6.42 Å². The quantitative estimate of drug-likeness (QED) is 0.405. The van der Waals surface area contributed by atoms with Crippen LogP contribution in [0.1, 0.15) is 6.42 Å². The lowest BCUT2D eigenvalue weighted by molar-refractivity contribution is 1.04. The zero-order valence-corrected chi connectivity index (χ0v) is 3.39. The van der Waals surface area contributed by atoms with E-state index in [-0.39, 0.29) is 0 Å². The fourth-order valence-corrected chi connectivity index (χ4v) is 0.287. The summed E-state index contributed by atoms with van der Waals surface area (Å²) in [6.45, 7) is 0. The van der Waals surface area contributed by atoms with Gasteiger partial charge in [-0.3, -0.25) is 4.99 Å². The number of nitrogens with zero attached hydrogens (tertiary/aromatic N) is 1. The Kier molecular flexibility index (Phi) is 0.648. The van der Waals surface area contributed by atoms with Crippen LogP contribution in [0.2, 0.25) is 0 Å². The van der Waals surface area contributed by atoms with Crippen molar-refractivity contribution in [2.45, 2.75) is 12.5 Å². The summed E-state index contributed by atoms with van der Waals surface area (Å²) in [4.78, 5) is 3.82. The van der Waals surface area contributed by atoms with Gasteiger partial charge in [-0.2, -0.15) is 0 Å². The zero-order chi connectivity index (χ0) is 4.41. The molecule has 0 bridgehead atoms. The highest BCUT2D eigenvalue weighted by Gasteiger charge is 2.08. The SMILES string of the molecule is C#CCC1C=N1. The van der Waals surface area contributed by atoms with Crippen LogP contribution in [0.25, 0.3) is 0 Å². The molecule has 0 N–H and O–H groups in total. The molecule has 0 spiro atoms. The molecular formula is C5H5N. The zero-order valence-electron chi connectivity index (χ0n) is 3.39. The van der Waals surface area contributed by atoms with Gasteiger partial charge in [0, 0.05) is 12.6 Å². The van der Waals surface area contributed by atoms with Crippen molar-refractivity contribution in [2.75, 3.05) is 0 Å². The van der Waals surface area contributed by atoms with E-state index in [1.165, 1.54) is 0 Å². The van der Waals surface area contributed by atoms with Crippen molar-refractivity contribution in [3.05, 3.63) is 0 Å². The van der Waals surface area contributed by atoms with Crippen molar-refractivity contribution < 1.29 is 0 Å². The number of hydrogen-bond donors (Lipinski definition) is 0. The van der Waals surface area contributed by atoms with Gasteiger partial charge in [0.25, 0.3) is 0 Å². The van der Waals surface area contributed by atoms with E-state index in [9.17, 15) is 0 Å². The van der Waals surface area contributed by atoms with Crippen LogP contribution in [0.5, 0.6) is 0 Å². The van der Waals surface area contributed by atoms with Gasteiger partial charge in [0.05, 0.1) is 6.04 Å². The number of terminal acetylenes is 1. The van der Waals surface area contributed by atoms with Crippen LogP contribution >= 0.6 is 0 Å². The monoisotopic (exact) mass is 79.0 g/mol. The van der Waals surface area contributed by atoms with Crippen molar-refractivity contribution in [1.82, 2.24) is 0 Å². The van der Waals surface area contributed by atoms with Crippen LogP contribution in [0.15, 0.2) is 4.99 Å². The summed E-state index contributed by atoms with van der Waals surface area (Å²) in [5.74, 6) is 2.50. The third-order valence-electron chi connectivity index (χ3n) is 0.687. The molecule has 1 nitrogen and oxygen atoms in total. The highest BCUT2D eigenvalue weighted by Crippen LogP contribution is 2.03. The van der Waals surface area contributed by atoms with Gasteiger partial charge >= 0.3 is 0 Å². The van der Waals surface area contributed by atoms with Crippen LogP contribution in [0.4, 0.5) is 0 Å². The van der Waals surface area contributed by atoms with Gasteiger partial charge in [0.2, 0.25) is 0 Å². The van der Waals surface area contributed by atoms with Crippen LogP contribution in [-0.2, 0) is 0 Å². The lowest BCUT2D eigenvalue weighted by atomic mass is 10.3. The Balaban J connectivity index is 2.08. The third-order valence-corrected chi connectivity index (χ3v) is 0.687. The van der Waals surface area contributed by atoms with E-state index in [2.05, 4.69) is 10.9 Å². The summed E-state index contributed by atoms with van der Waals surface area (Å²) >= 11 is 0. The Morgan fingerprint density at radius 2 is 2.67 bits per heavy atom. The van der Waals surface area contributed by atoms with Gasteiger partial charge in [-0.05, 0) is 0 Å². The molecule has 0 aromatic carbocycles. The minimum absolute atomic E-state index is 0.412. The van der Waals surface area contributed by atoms with Gasteiger partial charge in [-0.25, -0.2) is 0 Å². The van der Waals surface area contributed by atoms with Crippen LogP contribution < -0.4 is 0 Å². The molecule has 1 unspecified atom stereocenters. The molecule has 1 atom stereocenters. The van der Waals surface area contributed by atoms with Gasteiger partial charge in [0.1, 0.15) is 0 Å². The molecule has 0 saturated carbocycles. The summed E-state index contributed by atoms with van der Waals surface area (Å²) in [7, 11) is 0. The minimum Gasteiger partial charge on any atom is -0.285 e. The molecule has 0 aromatic heterocycles. The summed E-state index contributed by atoms with van der Waals surface area (Å²) in [5.41, 5.74) is 0. The molecule has 6 heavy (non-hydrogen) atoms. The van der Waals surface area contributed by atoms with E-state index in [4.69, 9.17) is 6.42 Å². The molecule has 0 aromatic rings. The lowest BCUT2D eigenvalue weighted by Crippen LogP contribution is -1.79. The number of rotatable bonds is 1. The van der Waals surface area contributed by atoms with Crippen LogP contribution in [-0.4, -0.2) is 12.3 Å². The molecule has 1 aliphatic heterocycles. The number of aliphatic imine (C=N–C) groups is 1. The summed E-state index contributed by atoms with van der Waals surface area (Å²) in [6.07, 6.45) is 7.59. The fourth-order valence-electron chi connectivity index (χ4n) is 0.287. The van der Waals surface area contributed by atoms with Crippen LogP contribution in [0, 0.1) is 12.3 Å². The maximum Gasteiger partial charge on any atom is 0.0952 e. The van der Waals surface area contributed by atoms with Crippen molar-refractivity contribution in [3.8, 4) is 12.3 Å². The van der Waals surface area contributed by atoms with Gasteiger partial charge in [-0.15, -0.1) is 12.3 Å². The van der Waals surface area contributed by atoms with E-state index in [1.807, 2.05) is 6.21 Å². The molecule has 30 valence electrons. The molecule has 0 fully saturated rings. The first kappa shape index (κ1) is 3.42. The fraction of sp³-hybridized carbons (Fsp3) is 0.400. The van der Waals surface area contributed by atoms with Crippen LogP contribution in [0.3, 0.4) is 0 Å². The smallest absolute Gasteiger partial charge is 0.0952 e. The highest BCUT2D eigenvalue weighted by molar-refractivity contribution is 5.78. The molecule has 0 aliphatic carbocycles. The minimum atomic E-state index is 0.412. The largest absolute Gasteiger partial charge is 0.285 e. The topological polar surface area (TPSA) is 12.4 Å². The molecule has 0 amide bonds. The maximum atomic E-state index is 4.94. The van der Waals surface area contributed by atoms with E-state index in [0.29, 0.717) is 6.04 Å². The Bertz CT molecular complexity index is 102. The second-order valence-electron chi connectivity index (χ2n) is 1.27. The normalized spacial score (nSPS) is 26.2. The van der Waals surface area contributed by atoms with E-state index < -0.39 is 0 Å². The third kappa shape index (κ3) is 0.587. The standard InChI is InChI=1S/C5H5N/c1-2-3-5-4-6-5/h1,4-5H,3H2. The Morgan fingerprint density at radius 1 is 2.00 bits per heavy atom. The van der Waals surface area contributed by atoms with E-state index in [1.54, 1.807) is 0 Å².